The molecule has 1 aromatic carbocycles. The molecule has 8 heteroatoms. The molecule has 0 radical (unpaired) electrons. The topological polar surface area (TPSA) is 74.1 Å². The minimum Gasteiger partial charge on any atom is -0.490 e. The van der Waals surface area contributed by atoms with Gasteiger partial charge in [-0.15, -0.1) is 0 Å². The molecule has 0 saturated carbocycles. The summed E-state index contributed by atoms with van der Waals surface area (Å²) in [7, 11) is 0. The third kappa shape index (κ3) is 5.00. The number of nitrogens with one attached hydrogen (secondary N) is 1. The summed E-state index contributed by atoms with van der Waals surface area (Å²) >= 11 is 0. The molecule has 3 rings (SSSR count). The first kappa shape index (κ1) is 21.4. The fraction of sp³-hybridized carbons (Fsp3) is 0.364. The summed E-state index contributed by atoms with van der Waals surface area (Å²) in [5, 5.41) is 2.88. The van der Waals surface area contributed by atoms with Gasteiger partial charge in [-0.3, -0.25) is 4.79 Å². The molecule has 1 N–H and O–H groups in total. The maximum Gasteiger partial charge on any atom is 0.251 e. The first-order valence-electron chi connectivity index (χ1n) is 10.0. The van der Waals surface area contributed by atoms with Crippen LogP contribution in [0.25, 0.3) is 5.65 Å². The van der Waals surface area contributed by atoms with Gasteiger partial charge in [0.25, 0.3) is 5.91 Å². The minimum absolute atomic E-state index is 0.255. The highest BCUT2D eigenvalue weighted by molar-refractivity contribution is 5.95. The number of rotatable bonds is 10. The molecule has 0 spiro atoms. The highest BCUT2D eigenvalue weighted by Gasteiger charge is 2.18. The van der Waals surface area contributed by atoms with Crippen molar-refractivity contribution in [1.82, 2.24) is 14.7 Å². The molecule has 0 aliphatic carbocycles. The van der Waals surface area contributed by atoms with E-state index in [2.05, 4.69) is 10.3 Å². The van der Waals surface area contributed by atoms with E-state index in [1.54, 1.807) is 28.8 Å². The highest BCUT2D eigenvalue weighted by atomic mass is 19.1. The summed E-state index contributed by atoms with van der Waals surface area (Å²) in [6, 6.07) is 6.29. The van der Waals surface area contributed by atoms with Crippen molar-refractivity contribution in [3.63, 3.8) is 0 Å². The van der Waals surface area contributed by atoms with Crippen LogP contribution in [0.1, 0.15) is 36.8 Å². The average Bonchev–Trinajstić information content (AvgIpc) is 3.12. The van der Waals surface area contributed by atoms with Crippen LogP contribution in [0.5, 0.6) is 17.2 Å². The predicted molar refractivity (Wildman–Crippen MR) is 111 cm³/mol. The molecule has 160 valence electrons. The van der Waals surface area contributed by atoms with Crippen molar-refractivity contribution < 1.29 is 23.4 Å². The zero-order chi connectivity index (χ0) is 21.5. The number of imidazole rings is 1. The van der Waals surface area contributed by atoms with Crippen molar-refractivity contribution in [3.8, 4) is 17.2 Å². The summed E-state index contributed by atoms with van der Waals surface area (Å²) in [6.45, 7) is 7.31. The summed E-state index contributed by atoms with van der Waals surface area (Å²) in [5.74, 6) is 0.852. The third-order valence-electron chi connectivity index (χ3n) is 4.30. The van der Waals surface area contributed by atoms with Gasteiger partial charge in [-0.05, 0) is 45.0 Å². The van der Waals surface area contributed by atoms with E-state index in [0.717, 1.165) is 5.69 Å². The lowest BCUT2D eigenvalue weighted by Crippen LogP contribution is -2.26. The Balaban J connectivity index is 1.71. The minimum atomic E-state index is -0.328. The Morgan fingerprint density at radius 2 is 1.70 bits per heavy atom. The van der Waals surface area contributed by atoms with E-state index >= 15 is 0 Å². The van der Waals surface area contributed by atoms with Gasteiger partial charge >= 0.3 is 0 Å². The molecular formula is C22H26FN3O4. The van der Waals surface area contributed by atoms with Crippen LogP contribution in [-0.4, -0.2) is 41.7 Å². The monoisotopic (exact) mass is 415 g/mol. The summed E-state index contributed by atoms with van der Waals surface area (Å²) < 4.78 is 31.9. The first-order chi connectivity index (χ1) is 14.5. The van der Waals surface area contributed by atoms with E-state index in [1.807, 2.05) is 20.8 Å². The Kier molecular flexibility index (Phi) is 7.11. The van der Waals surface area contributed by atoms with E-state index in [9.17, 15) is 9.18 Å². The quantitative estimate of drug-likeness (QED) is 0.547. The van der Waals surface area contributed by atoms with E-state index in [1.165, 1.54) is 12.3 Å². The van der Waals surface area contributed by atoms with E-state index in [4.69, 9.17) is 14.2 Å². The molecule has 0 aliphatic rings. The lowest BCUT2D eigenvalue weighted by Gasteiger charge is -2.17. The van der Waals surface area contributed by atoms with Crippen LogP contribution >= 0.6 is 0 Å². The van der Waals surface area contributed by atoms with Crippen molar-refractivity contribution in [2.75, 3.05) is 26.4 Å². The molecule has 3 aromatic rings. The summed E-state index contributed by atoms with van der Waals surface area (Å²) in [6.07, 6.45) is 3.64. The number of hydrogen-bond donors (Lipinski definition) is 1. The van der Waals surface area contributed by atoms with Crippen molar-refractivity contribution in [3.05, 3.63) is 53.7 Å². The van der Waals surface area contributed by atoms with Crippen molar-refractivity contribution in [2.45, 2.75) is 27.2 Å². The van der Waals surface area contributed by atoms with Gasteiger partial charge in [0.15, 0.2) is 11.5 Å². The maximum atomic E-state index is 13.3. The fourth-order valence-corrected chi connectivity index (χ4v) is 3.06. The maximum absolute atomic E-state index is 13.3. The standard InChI is InChI=1S/C22H26FN3O4/c1-4-28-18-11-15(12-19(29-5-2)21(18)30-6-3)22(27)24-10-9-17-14-26-13-16(23)7-8-20(26)25-17/h7-8,11-14H,4-6,9-10H2,1-3H3,(H,24,27). The SMILES string of the molecule is CCOc1cc(C(=O)NCCc2cn3cc(F)ccc3n2)cc(OCC)c1OCC. The van der Waals surface area contributed by atoms with Crippen LogP contribution in [0.4, 0.5) is 4.39 Å². The number of carbonyl (C=O) groups excluding carboxylic acids is 1. The molecule has 0 fully saturated rings. The molecule has 7 nitrogen and oxygen atoms in total. The van der Waals surface area contributed by atoms with E-state index in [0.29, 0.717) is 61.2 Å². The number of aromatic nitrogens is 2. The number of nitrogens with zero attached hydrogens (tertiary/aromatic N) is 2. The lowest BCUT2D eigenvalue weighted by atomic mass is 10.1. The van der Waals surface area contributed by atoms with Gasteiger partial charge in [-0.25, -0.2) is 9.37 Å². The Bertz CT molecular complexity index is 992. The van der Waals surface area contributed by atoms with Gasteiger partial charge in [0, 0.05) is 30.9 Å². The van der Waals surface area contributed by atoms with Gasteiger partial charge in [-0.2, -0.15) is 0 Å². The number of pyridine rings is 1. The van der Waals surface area contributed by atoms with Gasteiger partial charge in [-0.1, -0.05) is 0 Å². The van der Waals surface area contributed by atoms with Crippen LogP contribution in [0.2, 0.25) is 0 Å². The van der Waals surface area contributed by atoms with E-state index < -0.39 is 0 Å². The zero-order valence-electron chi connectivity index (χ0n) is 17.4. The van der Waals surface area contributed by atoms with Crippen LogP contribution in [0.3, 0.4) is 0 Å². The van der Waals surface area contributed by atoms with Crippen LogP contribution in [0, 0.1) is 5.82 Å². The molecule has 0 unspecified atom stereocenters. The summed E-state index contributed by atoms with van der Waals surface area (Å²) in [5.41, 5.74) is 1.84. The van der Waals surface area contributed by atoms with Crippen molar-refractivity contribution in [2.24, 2.45) is 0 Å². The van der Waals surface area contributed by atoms with Crippen LogP contribution < -0.4 is 19.5 Å². The number of carbonyl (C=O) groups is 1. The van der Waals surface area contributed by atoms with Crippen LogP contribution in [-0.2, 0) is 6.42 Å². The van der Waals surface area contributed by atoms with Gasteiger partial charge in [0.2, 0.25) is 5.75 Å². The Morgan fingerprint density at radius 3 is 2.33 bits per heavy atom. The smallest absolute Gasteiger partial charge is 0.251 e. The van der Waals surface area contributed by atoms with Gasteiger partial charge < -0.3 is 23.9 Å². The normalized spacial score (nSPS) is 10.8. The Labute approximate surface area is 174 Å². The van der Waals surface area contributed by atoms with Crippen molar-refractivity contribution >= 4 is 11.6 Å². The highest BCUT2D eigenvalue weighted by Crippen LogP contribution is 2.39. The number of amides is 1. The number of halogens is 1. The first-order valence-corrected chi connectivity index (χ1v) is 10.0. The fourth-order valence-electron chi connectivity index (χ4n) is 3.06. The molecule has 2 heterocycles. The second kappa shape index (κ2) is 9.96. The van der Waals surface area contributed by atoms with Crippen LogP contribution in [0.15, 0.2) is 36.7 Å². The summed E-state index contributed by atoms with van der Waals surface area (Å²) in [4.78, 5) is 17.1. The zero-order valence-corrected chi connectivity index (χ0v) is 17.4. The van der Waals surface area contributed by atoms with Crippen molar-refractivity contribution in [1.29, 1.82) is 0 Å². The molecule has 1 amide bonds. The molecular weight excluding hydrogens is 389 g/mol. The molecule has 0 aliphatic heterocycles. The van der Waals surface area contributed by atoms with Gasteiger partial charge in [0.1, 0.15) is 11.5 Å². The molecule has 0 atom stereocenters. The number of hydrogen-bond acceptors (Lipinski definition) is 5. The molecule has 30 heavy (non-hydrogen) atoms. The molecule has 0 saturated heterocycles. The number of ether oxygens (including phenoxy) is 3. The average molecular weight is 415 g/mol. The largest absolute Gasteiger partial charge is 0.490 e. The number of benzene rings is 1. The Morgan fingerprint density at radius 1 is 1.03 bits per heavy atom. The third-order valence-corrected chi connectivity index (χ3v) is 4.30. The van der Waals surface area contributed by atoms with Gasteiger partial charge in [0.05, 0.1) is 25.5 Å². The molecule has 2 aromatic heterocycles. The predicted octanol–water partition coefficient (Wildman–Crippen LogP) is 3.64. The van der Waals surface area contributed by atoms with E-state index in [-0.39, 0.29) is 11.7 Å². The second-order valence-electron chi connectivity index (χ2n) is 6.45. The molecule has 0 bridgehead atoms. The second-order valence-corrected chi connectivity index (χ2v) is 6.45. The lowest BCUT2D eigenvalue weighted by molar-refractivity contribution is 0.0953. The Hall–Kier alpha value is -3.29. The number of fused-ring (bicyclic) bond motifs is 1.